The smallest absolute Gasteiger partial charge is 0.259 e. The van der Waals surface area contributed by atoms with E-state index < -0.39 is 0 Å². The number of halogens is 1. The third-order valence-electron chi connectivity index (χ3n) is 6.74. The van der Waals surface area contributed by atoms with Gasteiger partial charge in [0, 0.05) is 36.5 Å². The van der Waals surface area contributed by atoms with Crippen molar-refractivity contribution >= 4 is 39.4 Å². The zero-order valence-corrected chi connectivity index (χ0v) is 23.5. The Kier molecular flexibility index (Phi) is 7.38. The molecule has 0 radical (unpaired) electrons. The van der Waals surface area contributed by atoms with E-state index in [0.29, 0.717) is 64.2 Å². The van der Waals surface area contributed by atoms with Crippen molar-refractivity contribution in [3.05, 3.63) is 74.9 Å². The van der Waals surface area contributed by atoms with E-state index >= 15 is 0 Å². The summed E-state index contributed by atoms with van der Waals surface area (Å²) in [5.41, 5.74) is 3.66. The van der Waals surface area contributed by atoms with Gasteiger partial charge in [0.25, 0.3) is 5.91 Å². The number of ketones is 1. The molecule has 0 bridgehead atoms. The summed E-state index contributed by atoms with van der Waals surface area (Å²) >= 11 is 3.66. The molecule has 3 aromatic rings. The van der Waals surface area contributed by atoms with Gasteiger partial charge in [0.05, 0.1) is 37.1 Å². The Balaban J connectivity index is 1.41. The van der Waals surface area contributed by atoms with Crippen LogP contribution >= 0.6 is 15.9 Å². The fourth-order valence-corrected chi connectivity index (χ4v) is 5.35. The van der Waals surface area contributed by atoms with Crippen molar-refractivity contribution in [3.63, 3.8) is 0 Å². The fourth-order valence-electron chi connectivity index (χ4n) is 4.65. The molecule has 2 heterocycles. The molecule has 9 nitrogen and oxygen atoms in total. The Morgan fingerprint density at radius 2 is 1.72 bits per heavy atom. The molecule has 1 amide bonds. The van der Waals surface area contributed by atoms with E-state index in [4.69, 9.17) is 23.7 Å². The molecule has 1 N–H and O–H groups in total. The molecule has 0 atom stereocenters. The van der Waals surface area contributed by atoms with Crippen LogP contribution in [-0.2, 0) is 6.42 Å². The second-order valence-electron chi connectivity index (χ2n) is 8.93. The van der Waals surface area contributed by atoms with Crippen LogP contribution in [0.1, 0.15) is 31.8 Å². The molecular weight excluding hydrogens is 568 g/mol. The molecule has 0 unspecified atom stereocenters. The average Bonchev–Trinajstić information content (AvgIpc) is 3.38. The first-order valence-corrected chi connectivity index (χ1v) is 12.9. The van der Waals surface area contributed by atoms with E-state index in [2.05, 4.69) is 21.2 Å². The van der Waals surface area contributed by atoms with Gasteiger partial charge in [-0.2, -0.15) is 0 Å². The summed E-state index contributed by atoms with van der Waals surface area (Å²) in [5, 5.41) is 2.85. The normalized spacial score (nSPS) is 13.7. The highest BCUT2D eigenvalue weighted by Gasteiger charge is 2.31. The number of rotatable bonds is 7. The lowest BCUT2D eigenvalue weighted by Gasteiger charge is -2.20. The van der Waals surface area contributed by atoms with Crippen molar-refractivity contribution in [2.24, 2.45) is 0 Å². The molecular formula is C29H27BrN2O7. The lowest BCUT2D eigenvalue weighted by molar-refractivity contribution is 0.0998. The molecule has 10 heteroatoms. The number of allylic oxidation sites excluding steroid dienone is 1. The van der Waals surface area contributed by atoms with Crippen LogP contribution in [0.25, 0.3) is 6.08 Å². The molecule has 0 saturated heterocycles. The maximum atomic E-state index is 13.7. The summed E-state index contributed by atoms with van der Waals surface area (Å²) in [7, 11) is 6.49. The number of carbonyl (C=O) groups excluding carboxylic acids is 2. The van der Waals surface area contributed by atoms with Crippen LogP contribution in [0.5, 0.6) is 28.7 Å². The topological polar surface area (TPSA) is 95.6 Å². The highest BCUT2D eigenvalue weighted by atomic mass is 79.9. The Hall–Kier alpha value is -4.18. The van der Waals surface area contributed by atoms with Gasteiger partial charge >= 0.3 is 0 Å². The maximum absolute atomic E-state index is 13.7. The quantitative estimate of drug-likeness (QED) is 0.374. The van der Waals surface area contributed by atoms with E-state index in [1.807, 2.05) is 18.0 Å². The third-order valence-corrected chi connectivity index (χ3v) is 7.58. The summed E-state index contributed by atoms with van der Waals surface area (Å²) in [6.45, 7) is 0.723. The van der Waals surface area contributed by atoms with Gasteiger partial charge < -0.3 is 33.9 Å². The number of methoxy groups -OCH3 is 3. The van der Waals surface area contributed by atoms with Gasteiger partial charge in [-0.3, -0.25) is 9.59 Å². The van der Waals surface area contributed by atoms with Gasteiger partial charge in [0.2, 0.25) is 18.3 Å². The van der Waals surface area contributed by atoms with Crippen LogP contribution < -0.4 is 29.0 Å². The molecule has 2 aliphatic heterocycles. The van der Waals surface area contributed by atoms with Gasteiger partial charge in [-0.05, 0) is 70.4 Å². The van der Waals surface area contributed by atoms with Crippen LogP contribution in [-0.4, -0.2) is 58.3 Å². The summed E-state index contributed by atoms with van der Waals surface area (Å²) in [4.78, 5) is 28.5. The van der Waals surface area contributed by atoms with Crippen LogP contribution in [0, 0.1) is 0 Å². The minimum Gasteiger partial charge on any atom is -0.497 e. The van der Waals surface area contributed by atoms with Crippen molar-refractivity contribution in [1.29, 1.82) is 0 Å². The predicted octanol–water partition coefficient (Wildman–Crippen LogP) is 5.17. The summed E-state index contributed by atoms with van der Waals surface area (Å²) in [6, 6.07) is 11.7. The molecule has 0 saturated carbocycles. The molecule has 2 aliphatic rings. The minimum absolute atomic E-state index is 0.108. The number of nitrogens with one attached hydrogen (secondary N) is 1. The van der Waals surface area contributed by atoms with E-state index in [9.17, 15) is 9.59 Å². The van der Waals surface area contributed by atoms with Gasteiger partial charge in [-0.25, -0.2) is 0 Å². The number of ether oxygens (including phenoxy) is 5. The van der Waals surface area contributed by atoms with E-state index in [0.717, 1.165) is 15.6 Å². The number of carbonyl (C=O) groups is 2. The Morgan fingerprint density at radius 3 is 2.41 bits per heavy atom. The molecule has 3 aromatic carbocycles. The molecule has 39 heavy (non-hydrogen) atoms. The number of Topliss-reactive ketones (excluding diaryl/α,β-unsaturated/α-hetero) is 1. The van der Waals surface area contributed by atoms with Crippen molar-refractivity contribution in [2.75, 3.05) is 47.0 Å². The van der Waals surface area contributed by atoms with Crippen molar-refractivity contribution in [1.82, 2.24) is 4.90 Å². The van der Waals surface area contributed by atoms with E-state index in [-0.39, 0.29) is 18.5 Å². The number of benzene rings is 3. The fraction of sp³-hybridized carbons (Fsp3) is 0.241. The standard InChI is InChI=1S/C29H27BrN2O7/c1-32-12-11-19-21(26(37-4)28-27(24(19)30)38-15-39-28)14-22(32)25(33)16-5-7-17(8-6-16)31-29(34)20-10-9-18(35-2)13-23(20)36-3/h5-10,13-14H,11-12,15H2,1-4H3,(H,31,34). The lowest BCUT2D eigenvalue weighted by Crippen LogP contribution is -2.24. The van der Waals surface area contributed by atoms with Crippen LogP contribution in [0.15, 0.2) is 52.6 Å². The van der Waals surface area contributed by atoms with Crippen molar-refractivity contribution in [2.45, 2.75) is 6.42 Å². The number of hydrogen-bond acceptors (Lipinski definition) is 8. The maximum Gasteiger partial charge on any atom is 0.259 e. The van der Waals surface area contributed by atoms with E-state index in [1.54, 1.807) is 56.7 Å². The first kappa shape index (κ1) is 26.4. The second kappa shape index (κ2) is 10.9. The highest BCUT2D eigenvalue weighted by molar-refractivity contribution is 9.10. The molecule has 5 rings (SSSR count). The zero-order chi connectivity index (χ0) is 27.7. The van der Waals surface area contributed by atoms with Crippen molar-refractivity contribution < 1.29 is 33.3 Å². The molecule has 0 spiro atoms. The molecule has 0 fully saturated rings. The summed E-state index contributed by atoms with van der Waals surface area (Å²) < 4.78 is 28.3. The number of anilines is 1. The number of fused-ring (bicyclic) bond motifs is 2. The first-order valence-electron chi connectivity index (χ1n) is 12.1. The van der Waals surface area contributed by atoms with Gasteiger partial charge in [0.1, 0.15) is 11.5 Å². The zero-order valence-electron chi connectivity index (χ0n) is 21.9. The molecule has 0 aromatic heterocycles. The van der Waals surface area contributed by atoms with Gasteiger partial charge in [-0.15, -0.1) is 0 Å². The van der Waals surface area contributed by atoms with Gasteiger partial charge in [-0.1, -0.05) is 0 Å². The number of hydrogen-bond donors (Lipinski definition) is 1. The van der Waals surface area contributed by atoms with Crippen molar-refractivity contribution in [3.8, 4) is 28.7 Å². The Morgan fingerprint density at radius 1 is 0.974 bits per heavy atom. The minimum atomic E-state index is -0.340. The van der Waals surface area contributed by atoms with Crippen LogP contribution in [0.2, 0.25) is 0 Å². The SMILES string of the molecule is COc1ccc(C(=O)Nc2ccc(C(=O)C3=Cc4c(c(Br)c5c(c4OC)OCO5)CCN3C)cc2)c(OC)c1. The average molecular weight is 595 g/mol. The monoisotopic (exact) mass is 594 g/mol. The molecule has 0 aliphatic carbocycles. The third kappa shape index (κ3) is 4.87. The van der Waals surface area contributed by atoms with E-state index in [1.165, 1.54) is 7.11 Å². The number of nitrogens with zero attached hydrogens (tertiary/aromatic N) is 1. The lowest BCUT2D eigenvalue weighted by atomic mass is 10.0. The largest absolute Gasteiger partial charge is 0.497 e. The van der Waals surface area contributed by atoms with Crippen LogP contribution in [0.3, 0.4) is 0 Å². The van der Waals surface area contributed by atoms with Gasteiger partial charge in [0.15, 0.2) is 11.5 Å². The first-order chi connectivity index (χ1) is 18.9. The number of amides is 1. The molecule has 202 valence electrons. The highest BCUT2D eigenvalue weighted by Crippen LogP contribution is 2.51. The summed E-state index contributed by atoms with van der Waals surface area (Å²) in [5.74, 6) is 2.15. The second-order valence-corrected chi connectivity index (χ2v) is 9.73. The Bertz CT molecular complexity index is 1480. The van der Waals surface area contributed by atoms with Crippen LogP contribution in [0.4, 0.5) is 5.69 Å². The Labute approximate surface area is 234 Å². The summed E-state index contributed by atoms with van der Waals surface area (Å²) in [6.07, 6.45) is 2.51. The number of likely N-dealkylation sites (N-methyl/N-ethyl adjacent to an activating group) is 1. The predicted molar refractivity (Wildman–Crippen MR) is 149 cm³/mol.